The number of nitrogens with one attached hydrogen (secondary N) is 1. The molecule has 0 unspecified atom stereocenters. The number of halogens is 3. The highest BCUT2D eigenvalue weighted by Gasteiger charge is 2.29. The van der Waals surface area contributed by atoms with Crippen LogP contribution in [-0.4, -0.2) is 22.3 Å². The minimum absolute atomic E-state index is 0.378. The summed E-state index contributed by atoms with van der Waals surface area (Å²) in [6.07, 6.45) is -1.21. The van der Waals surface area contributed by atoms with Gasteiger partial charge in [0.15, 0.2) is 0 Å². The molecular formula is C12H14F3N3. The number of hydrogen-bond acceptors (Lipinski definition) is 2. The predicted molar refractivity (Wildman–Crippen MR) is 63.2 cm³/mol. The van der Waals surface area contributed by atoms with Crippen molar-refractivity contribution in [1.82, 2.24) is 14.9 Å². The average molecular weight is 257 g/mol. The van der Waals surface area contributed by atoms with Crippen molar-refractivity contribution in [3.05, 3.63) is 30.1 Å². The summed E-state index contributed by atoms with van der Waals surface area (Å²) >= 11 is 0. The molecule has 0 aromatic carbocycles. The van der Waals surface area contributed by atoms with Gasteiger partial charge in [0.25, 0.3) is 0 Å². The molecule has 3 nitrogen and oxygen atoms in total. The Morgan fingerprint density at radius 3 is 2.83 bits per heavy atom. The molecule has 98 valence electrons. The maximum Gasteiger partial charge on any atom is 0.406 e. The fraction of sp³-hybridized carbons (Fsp3) is 0.417. The first-order valence-electron chi connectivity index (χ1n) is 5.71. The van der Waals surface area contributed by atoms with E-state index in [1.54, 1.807) is 12.1 Å². The number of aromatic nitrogens is 2. The van der Waals surface area contributed by atoms with Crippen molar-refractivity contribution in [3.63, 3.8) is 0 Å². The highest BCUT2D eigenvalue weighted by atomic mass is 19.4. The predicted octanol–water partition coefficient (Wildman–Crippen LogP) is 2.71. The highest BCUT2D eigenvalue weighted by Crippen LogP contribution is 2.24. The summed E-state index contributed by atoms with van der Waals surface area (Å²) in [7, 11) is 0. The van der Waals surface area contributed by atoms with Gasteiger partial charge in [-0.2, -0.15) is 13.2 Å². The topological polar surface area (TPSA) is 29.9 Å². The van der Waals surface area contributed by atoms with Crippen molar-refractivity contribution in [2.45, 2.75) is 26.2 Å². The number of alkyl halides is 3. The Kier molecular flexibility index (Phi) is 3.56. The molecule has 0 aliphatic heterocycles. The molecule has 0 fully saturated rings. The normalized spacial score (nSPS) is 12.2. The fourth-order valence-corrected chi connectivity index (χ4v) is 1.91. The maximum absolute atomic E-state index is 12.5. The minimum Gasteiger partial charge on any atom is -0.323 e. The molecule has 0 atom stereocenters. The molecule has 1 N–H and O–H groups in total. The van der Waals surface area contributed by atoms with Crippen LogP contribution in [0.1, 0.15) is 12.5 Å². The summed E-state index contributed by atoms with van der Waals surface area (Å²) in [4.78, 5) is 4.03. The van der Waals surface area contributed by atoms with E-state index in [4.69, 9.17) is 0 Å². The number of fused-ring (bicyclic) bond motifs is 1. The zero-order valence-electron chi connectivity index (χ0n) is 9.96. The first-order valence-corrected chi connectivity index (χ1v) is 5.71. The second-order valence-corrected chi connectivity index (χ2v) is 4.05. The largest absolute Gasteiger partial charge is 0.406 e. The summed E-state index contributed by atoms with van der Waals surface area (Å²) < 4.78 is 38.6. The Morgan fingerprint density at radius 2 is 2.17 bits per heavy atom. The zero-order valence-corrected chi connectivity index (χ0v) is 9.96. The summed E-state index contributed by atoms with van der Waals surface area (Å²) in [6.45, 7) is 2.26. The van der Waals surface area contributed by atoms with E-state index in [2.05, 4.69) is 10.3 Å². The first-order chi connectivity index (χ1) is 8.51. The van der Waals surface area contributed by atoms with Crippen LogP contribution in [0, 0.1) is 0 Å². The van der Waals surface area contributed by atoms with E-state index in [0.29, 0.717) is 12.2 Å². The number of hydrogen-bond donors (Lipinski definition) is 1. The molecular weight excluding hydrogens is 243 g/mol. The van der Waals surface area contributed by atoms with Crippen molar-refractivity contribution in [3.8, 4) is 0 Å². The minimum atomic E-state index is -4.24. The molecule has 0 saturated carbocycles. The Labute approximate surface area is 103 Å². The Hall–Kier alpha value is -1.56. The van der Waals surface area contributed by atoms with Crippen LogP contribution >= 0.6 is 0 Å². The lowest BCUT2D eigenvalue weighted by molar-refractivity contribution is -0.139. The molecule has 2 rings (SSSR count). The van der Waals surface area contributed by atoms with Crippen molar-refractivity contribution >= 4 is 11.0 Å². The van der Waals surface area contributed by atoms with E-state index >= 15 is 0 Å². The van der Waals surface area contributed by atoms with E-state index in [-0.39, 0.29) is 0 Å². The lowest BCUT2D eigenvalue weighted by atomic mass is 10.2. The van der Waals surface area contributed by atoms with Gasteiger partial charge >= 0.3 is 6.18 Å². The van der Waals surface area contributed by atoms with Gasteiger partial charge in [-0.1, -0.05) is 6.92 Å². The molecule has 0 aliphatic carbocycles. The van der Waals surface area contributed by atoms with E-state index < -0.39 is 12.7 Å². The van der Waals surface area contributed by atoms with E-state index in [9.17, 15) is 13.2 Å². The Balaban J connectivity index is 2.41. The number of nitrogens with zero attached hydrogens (tertiary/aromatic N) is 2. The second-order valence-electron chi connectivity index (χ2n) is 4.05. The summed E-state index contributed by atoms with van der Waals surface area (Å²) in [5.41, 5.74) is 1.21. The molecule has 0 bridgehead atoms. The molecule has 6 heteroatoms. The van der Waals surface area contributed by atoms with Crippen molar-refractivity contribution in [2.75, 3.05) is 6.54 Å². The smallest absolute Gasteiger partial charge is 0.323 e. The molecule has 2 heterocycles. The van der Waals surface area contributed by atoms with Crippen LogP contribution in [-0.2, 0) is 13.1 Å². The fourth-order valence-electron chi connectivity index (χ4n) is 1.91. The number of rotatable bonds is 4. The van der Waals surface area contributed by atoms with Crippen molar-refractivity contribution < 1.29 is 13.2 Å². The van der Waals surface area contributed by atoms with Crippen LogP contribution in [0.5, 0.6) is 0 Å². The van der Waals surface area contributed by atoms with Gasteiger partial charge in [0.1, 0.15) is 12.2 Å². The lowest BCUT2D eigenvalue weighted by Gasteiger charge is -2.07. The molecule has 18 heavy (non-hydrogen) atoms. The third-order valence-electron chi connectivity index (χ3n) is 2.63. The third-order valence-corrected chi connectivity index (χ3v) is 2.63. The summed E-state index contributed by atoms with van der Waals surface area (Å²) in [6, 6.07) is 3.53. The number of pyridine rings is 1. The Morgan fingerprint density at radius 1 is 1.39 bits per heavy atom. The van der Waals surface area contributed by atoms with Gasteiger partial charge in [-0.25, -0.2) is 4.98 Å². The summed E-state index contributed by atoms with van der Waals surface area (Å²) in [5.74, 6) is 0. The van der Waals surface area contributed by atoms with Crippen LogP contribution in [0.2, 0.25) is 0 Å². The van der Waals surface area contributed by atoms with Gasteiger partial charge in [0.2, 0.25) is 0 Å². The highest BCUT2D eigenvalue weighted by molar-refractivity contribution is 5.80. The van der Waals surface area contributed by atoms with Gasteiger partial charge in [-0.3, -0.25) is 0 Å². The van der Waals surface area contributed by atoms with Crippen LogP contribution < -0.4 is 5.32 Å². The van der Waals surface area contributed by atoms with Crippen molar-refractivity contribution in [2.24, 2.45) is 0 Å². The van der Waals surface area contributed by atoms with Gasteiger partial charge in [-0.05, 0) is 24.2 Å². The molecule has 0 spiro atoms. The van der Waals surface area contributed by atoms with Crippen LogP contribution in [0.25, 0.3) is 11.0 Å². The molecule has 0 aliphatic rings. The van der Waals surface area contributed by atoms with Crippen LogP contribution in [0.3, 0.4) is 0 Å². The van der Waals surface area contributed by atoms with E-state index in [0.717, 1.165) is 22.1 Å². The van der Waals surface area contributed by atoms with E-state index in [1.807, 2.05) is 6.92 Å². The second kappa shape index (κ2) is 4.97. The lowest BCUT2D eigenvalue weighted by Crippen LogP contribution is -2.17. The van der Waals surface area contributed by atoms with Crippen LogP contribution in [0.4, 0.5) is 13.2 Å². The maximum atomic E-state index is 12.5. The SMILES string of the molecule is CCNCc1cn(CC(F)(F)F)c2ncccc12. The van der Waals surface area contributed by atoms with E-state index in [1.165, 1.54) is 12.4 Å². The third kappa shape index (κ3) is 2.81. The molecule has 0 radical (unpaired) electrons. The molecule has 2 aromatic heterocycles. The van der Waals surface area contributed by atoms with Gasteiger partial charge in [0.05, 0.1) is 0 Å². The quantitative estimate of drug-likeness (QED) is 0.912. The van der Waals surface area contributed by atoms with Gasteiger partial charge in [0, 0.05) is 24.3 Å². The van der Waals surface area contributed by atoms with Crippen molar-refractivity contribution in [1.29, 1.82) is 0 Å². The van der Waals surface area contributed by atoms with Gasteiger partial charge in [-0.15, -0.1) is 0 Å². The monoisotopic (exact) mass is 257 g/mol. The zero-order chi connectivity index (χ0) is 13.2. The average Bonchev–Trinajstić information content (AvgIpc) is 2.63. The Bertz CT molecular complexity index is 531. The molecule has 0 amide bonds. The standard InChI is InChI=1S/C12H14F3N3/c1-2-16-6-9-7-18(8-12(13,14)15)11-10(9)4-3-5-17-11/h3-5,7,16H,2,6,8H2,1H3. The molecule has 0 saturated heterocycles. The van der Waals surface area contributed by atoms with Gasteiger partial charge < -0.3 is 9.88 Å². The molecule has 2 aromatic rings. The first kappa shape index (κ1) is 12.9. The van der Waals surface area contributed by atoms with Crippen LogP contribution in [0.15, 0.2) is 24.5 Å². The summed E-state index contributed by atoms with van der Waals surface area (Å²) in [5, 5.41) is 3.88.